The summed E-state index contributed by atoms with van der Waals surface area (Å²) in [5.41, 5.74) is 0. The van der Waals surface area contributed by atoms with Gasteiger partial charge >= 0.3 is 0 Å². The van der Waals surface area contributed by atoms with Gasteiger partial charge in [0.1, 0.15) is 0 Å². The molecule has 0 aromatic heterocycles. The fraction of sp³-hybridized carbons (Fsp3) is 0.769. The van der Waals surface area contributed by atoms with Crippen molar-refractivity contribution in [2.75, 3.05) is 19.3 Å². The number of rotatable bonds is 5. The summed E-state index contributed by atoms with van der Waals surface area (Å²) in [5, 5.41) is 6.92. The standard InChI is InChI=1S/C13H25N3OS.HI/c1-4-9-15-13(14-3)16-11-7-6-8-12(10-11)18(17)5-2;/h4,11-12H,1,5-10H2,2-3H3,(H2,14,15,16);1H. The van der Waals surface area contributed by atoms with Crippen LogP contribution in [0.15, 0.2) is 17.6 Å². The second kappa shape index (κ2) is 10.7. The lowest BCUT2D eigenvalue weighted by Crippen LogP contribution is -2.46. The van der Waals surface area contributed by atoms with Gasteiger partial charge < -0.3 is 10.6 Å². The lowest BCUT2D eigenvalue weighted by atomic mass is 9.95. The van der Waals surface area contributed by atoms with E-state index in [1.807, 2.05) is 13.0 Å². The average Bonchev–Trinajstić information content (AvgIpc) is 2.42. The van der Waals surface area contributed by atoms with Gasteiger partial charge in [0.05, 0.1) is 0 Å². The molecular weight excluding hydrogens is 373 g/mol. The predicted molar refractivity (Wildman–Crippen MR) is 94.8 cm³/mol. The van der Waals surface area contributed by atoms with Crippen molar-refractivity contribution in [3.63, 3.8) is 0 Å². The van der Waals surface area contributed by atoms with Crippen LogP contribution in [0.3, 0.4) is 0 Å². The molecule has 0 aliphatic heterocycles. The van der Waals surface area contributed by atoms with Crippen molar-refractivity contribution in [3.8, 4) is 0 Å². The van der Waals surface area contributed by atoms with Crippen LogP contribution in [0, 0.1) is 0 Å². The lowest BCUT2D eigenvalue weighted by molar-refractivity contribution is 0.414. The Labute approximate surface area is 136 Å². The molecule has 3 atom stereocenters. The second-order valence-corrected chi connectivity index (χ2v) is 6.55. The van der Waals surface area contributed by atoms with Crippen LogP contribution < -0.4 is 10.6 Å². The summed E-state index contributed by atoms with van der Waals surface area (Å²) in [6.07, 6.45) is 6.16. The minimum atomic E-state index is -0.673. The van der Waals surface area contributed by atoms with E-state index in [4.69, 9.17) is 0 Å². The van der Waals surface area contributed by atoms with Crippen molar-refractivity contribution in [1.82, 2.24) is 10.6 Å². The van der Waals surface area contributed by atoms with Crippen molar-refractivity contribution in [2.24, 2.45) is 4.99 Å². The molecule has 1 aliphatic rings. The van der Waals surface area contributed by atoms with Crippen LogP contribution in [0.2, 0.25) is 0 Å². The number of nitrogens with zero attached hydrogens (tertiary/aromatic N) is 1. The summed E-state index contributed by atoms with van der Waals surface area (Å²) in [4.78, 5) is 4.18. The van der Waals surface area contributed by atoms with Crippen molar-refractivity contribution in [3.05, 3.63) is 12.7 Å². The van der Waals surface area contributed by atoms with Gasteiger partial charge in [0.25, 0.3) is 0 Å². The van der Waals surface area contributed by atoms with Crippen LogP contribution in [-0.2, 0) is 10.8 Å². The van der Waals surface area contributed by atoms with Crippen molar-refractivity contribution >= 4 is 40.7 Å². The van der Waals surface area contributed by atoms with Crippen molar-refractivity contribution in [2.45, 2.75) is 43.9 Å². The summed E-state index contributed by atoms with van der Waals surface area (Å²) in [6, 6.07) is 0.385. The molecule has 4 nitrogen and oxygen atoms in total. The van der Waals surface area contributed by atoms with Gasteiger partial charge in [-0.1, -0.05) is 19.4 Å². The fourth-order valence-corrected chi connectivity index (χ4v) is 3.66. The Morgan fingerprint density at radius 1 is 1.53 bits per heavy atom. The number of hydrogen-bond donors (Lipinski definition) is 2. The molecule has 112 valence electrons. The second-order valence-electron chi connectivity index (χ2n) is 4.54. The molecule has 0 amide bonds. The van der Waals surface area contributed by atoms with Crippen LogP contribution in [-0.4, -0.2) is 40.8 Å². The summed E-state index contributed by atoms with van der Waals surface area (Å²) in [7, 11) is 1.09. The van der Waals surface area contributed by atoms with E-state index in [0.717, 1.165) is 37.4 Å². The molecule has 3 unspecified atom stereocenters. The molecule has 0 radical (unpaired) electrons. The average molecular weight is 399 g/mol. The number of guanidine groups is 1. The van der Waals surface area contributed by atoms with Gasteiger partial charge in [-0.25, -0.2) is 0 Å². The van der Waals surface area contributed by atoms with E-state index in [1.54, 1.807) is 7.05 Å². The monoisotopic (exact) mass is 399 g/mol. The molecule has 0 bridgehead atoms. The van der Waals surface area contributed by atoms with E-state index < -0.39 is 10.8 Å². The molecule has 0 spiro atoms. The Kier molecular flexibility index (Phi) is 10.6. The summed E-state index contributed by atoms with van der Waals surface area (Å²) in [5.74, 6) is 1.57. The Morgan fingerprint density at radius 3 is 2.84 bits per heavy atom. The third-order valence-corrected chi connectivity index (χ3v) is 5.00. The van der Waals surface area contributed by atoms with Crippen LogP contribution >= 0.6 is 24.0 Å². The Morgan fingerprint density at radius 2 is 2.26 bits per heavy atom. The largest absolute Gasteiger partial charge is 0.354 e. The Bertz CT molecular complexity index is 323. The highest BCUT2D eigenvalue weighted by Crippen LogP contribution is 2.22. The minimum absolute atomic E-state index is 0. The van der Waals surface area contributed by atoms with Gasteiger partial charge in [0.2, 0.25) is 0 Å². The smallest absolute Gasteiger partial charge is 0.191 e. The highest BCUT2D eigenvalue weighted by molar-refractivity contribution is 14.0. The zero-order valence-corrected chi connectivity index (χ0v) is 15.0. The Balaban J connectivity index is 0.00000324. The molecule has 0 saturated heterocycles. The third kappa shape index (κ3) is 6.74. The molecule has 1 rings (SSSR count). The SMILES string of the molecule is C=CCNC(=NC)NC1CCCC(S(=O)CC)C1.I. The third-order valence-electron chi connectivity index (χ3n) is 3.26. The quantitative estimate of drug-likeness (QED) is 0.322. The first-order valence-electron chi connectivity index (χ1n) is 6.66. The molecule has 0 aromatic rings. The topological polar surface area (TPSA) is 53.5 Å². The van der Waals surface area contributed by atoms with Crippen LogP contribution in [0.4, 0.5) is 0 Å². The van der Waals surface area contributed by atoms with E-state index >= 15 is 0 Å². The van der Waals surface area contributed by atoms with Crippen molar-refractivity contribution in [1.29, 1.82) is 0 Å². The van der Waals surface area contributed by atoms with Crippen LogP contribution in [0.1, 0.15) is 32.6 Å². The zero-order valence-electron chi connectivity index (χ0n) is 11.9. The van der Waals surface area contributed by atoms with Crippen LogP contribution in [0.5, 0.6) is 0 Å². The first kappa shape index (κ1) is 18.9. The van der Waals surface area contributed by atoms with E-state index in [9.17, 15) is 4.21 Å². The van der Waals surface area contributed by atoms with Gasteiger partial charge in [0.15, 0.2) is 5.96 Å². The Hall–Kier alpha value is -0.110. The van der Waals surface area contributed by atoms with E-state index in [-0.39, 0.29) is 24.0 Å². The van der Waals surface area contributed by atoms with E-state index in [0.29, 0.717) is 17.8 Å². The van der Waals surface area contributed by atoms with Crippen LogP contribution in [0.25, 0.3) is 0 Å². The molecule has 1 aliphatic carbocycles. The summed E-state index contributed by atoms with van der Waals surface area (Å²) < 4.78 is 11.9. The minimum Gasteiger partial charge on any atom is -0.354 e. The number of hydrogen-bond acceptors (Lipinski definition) is 2. The zero-order chi connectivity index (χ0) is 13.4. The van der Waals surface area contributed by atoms with Crippen molar-refractivity contribution < 1.29 is 4.21 Å². The maximum absolute atomic E-state index is 11.9. The predicted octanol–water partition coefficient (Wildman–Crippen LogP) is 2.04. The molecule has 0 aromatic carbocycles. The highest BCUT2D eigenvalue weighted by atomic mass is 127. The van der Waals surface area contributed by atoms with Gasteiger partial charge in [-0.3, -0.25) is 9.20 Å². The first-order valence-corrected chi connectivity index (χ1v) is 8.04. The molecule has 0 heterocycles. The molecule has 1 saturated carbocycles. The van der Waals surface area contributed by atoms with E-state index in [2.05, 4.69) is 22.2 Å². The number of nitrogens with one attached hydrogen (secondary N) is 2. The molecule has 6 heteroatoms. The van der Waals surface area contributed by atoms with Gasteiger partial charge in [0, 0.05) is 41.4 Å². The lowest BCUT2D eigenvalue weighted by Gasteiger charge is -2.30. The summed E-state index contributed by atoms with van der Waals surface area (Å²) in [6.45, 7) is 6.38. The van der Waals surface area contributed by atoms with Gasteiger partial charge in [-0.2, -0.15) is 0 Å². The molecule has 2 N–H and O–H groups in total. The fourth-order valence-electron chi connectivity index (χ4n) is 2.31. The number of aliphatic imine (C=N–C) groups is 1. The normalized spacial score (nSPS) is 25.1. The number of halogens is 1. The maximum Gasteiger partial charge on any atom is 0.191 e. The van der Waals surface area contributed by atoms with E-state index in [1.165, 1.54) is 0 Å². The molecular formula is C13H26IN3OS. The first-order chi connectivity index (χ1) is 8.71. The molecule has 19 heavy (non-hydrogen) atoms. The molecule has 1 fully saturated rings. The highest BCUT2D eigenvalue weighted by Gasteiger charge is 2.25. The van der Waals surface area contributed by atoms with Gasteiger partial charge in [-0.15, -0.1) is 30.6 Å². The maximum atomic E-state index is 11.9. The summed E-state index contributed by atoms with van der Waals surface area (Å²) >= 11 is 0. The van der Waals surface area contributed by atoms with Gasteiger partial charge in [-0.05, 0) is 19.3 Å².